The number of benzene rings is 1. The van der Waals surface area contributed by atoms with Crippen molar-refractivity contribution in [2.24, 2.45) is 5.73 Å². The number of hydrogen-bond donors (Lipinski definition) is 2. The lowest BCUT2D eigenvalue weighted by Gasteiger charge is -2.24. The number of hydrogen-bond acceptors (Lipinski definition) is 4. The van der Waals surface area contributed by atoms with Crippen LogP contribution >= 0.6 is 15.9 Å². The second-order valence-corrected chi connectivity index (χ2v) is 5.29. The topological polar surface area (TPSA) is 75.0 Å². The maximum atomic E-state index is 11.7. The third-order valence-electron chi connectivity index (χ3n) is 2.97. The lowest BCUT2D eigenvalue weighted by atomic mass is 10.2. The van der Waals surface area contributed by atoms with Gasteiger partial charge in [0.15, 0.2) is 5.82 Å². The molecule has 0 fully saturated rings. The van der Waals surface area contributed by atoms with Gasteiger partial charge in [0, 0.05) is 12.2 Å². The Kier molecular flexibility index (Phi) is 4.92. The van der Waals surface area contributed by atoms with Crippen molar-refractivity contribution >= 4 is 27.4 Å². The van der Waals surface area contributed by atoms with Crippen molar-refractivity contribution in [3.63, 3.8) is 0 Å². The van der Waals surface area contributed by atoms with Crippen LogP contribution in [0.25, 0.3) is 0 Å². The van der Waals surface area contributed by atoms with Gasteiger partial charge in [0.1, 0.15) is 4.47 Å². The highest BCUT2D eigenvalue weighted by molar-refractivity contribution is 9.10. The van der Waals surface area contributed by atoms with Gasteiger partial charge in [-0.3, -0.25) is 4.79 Å². The Morgan fingerprint density at radius 2 is 2.05 bits per heavy atom. The van der Waals surface area contributed by atoms with E-state index in [9.17, 15) is 4.79 Å². The van der Waals surface area contributed by atoms with Crippen LogP contribution < -0.4 is 16.2 Å². The van der Waals surface area contributed by atoms with Crippen LogP contribution in [0, 0.1) is 6.92 Å². The van der Waals surface area contributed by atoms with Crippen LogP contribution in [0.15, 0.2) is 39.9 Å². The van der Waals surface area contributed by atoms with E-state index in [1.165, 1.54) is 11.9 Å². The van der Waals surface area contributed by atoms with Gasteiger partial charge in [-0.05, 0) is 48.0 Å². The molecule has 0 atom stereocenters. The number of anilines is 2. The maximum Gasteiger partial charge on any atom is 0.267 e. The zero-order valence-electron chi connectivity index (χ0n) is 11.3. The van der Waals surface area contributed by atoms with Crippen LogP contribution in [0.3, 0.4) is 0 Å². The first-order valence-electron chi connectivity index (χ1n) is 6.41. The third-order valence-corrected chi connectivity index (χ3v) is 3.68. The summed E-state index contributed by atoms with van der Waals surface area (Å²) in [5.41, 5.74) is 7.58. The Morgan fingerprint density at radius 3 is 2.70 bits per heavy atom. The zero-order valence-corrected chi connectivity index (χ0v) is 12.9. The minimum atomic E-state index is -0.195. The number of halogens is 1. The first-order valence-corrected chi connectivity index (χ1v) is 7.20. The number of nitrogens with two attached hydrogens (primary N) is 1. The minimum absolute atomic E-state index is 0.195. The van der Waals surface area contributed by atoms with Gasteiger partial charge in [-0.2, -0.15) is 0 Å². The molecular formula is C14H17BrN4O. The standard InChI is InChI=1S/C14H17BrN4O/c1-10-3-5-11(6-4-10)19(8-2-7-16)13-12(15)14(20)18-9-17-13/h3-6,9H,2,7-8,16H2,1H3,(H,17,18,20). The molecule has 0 amide bonds. The van der Waals surface area contributed by atoms with Crippen molar-refractivity contribution in [3.8, 4) is 0 Å². The van der Waals surface area contributed by atoms with Crippen molar-refractivity contribution in [2.75, 3.05) is 18.0 Å². The van der Waals surface area contributed by atoms with Crippen LogP contribution in [0.1, 0.15) is 12.0 Å². The molecule has 0 saturated heterocycles. The second kappa shape index (κ2) is 6.67. The predicted octanol–water partition coefficient (Wildman–Crippen LogP) is 2.33. The van der Waals surface area contributed by atoms with Gasteiger partial charge in [-0.15, -0.1) is 0 Å². The summed E-state index contributed by atoms with van der Waals surface area (Å²) in [5.74, 6) is 0.603. The van der Waals surface area contributed by atoms with Gasteiger partial charge in [0.25, 0.3) is 5.56 Å². The van der Waals surface area contributed by atoms with E-state index < -0.39 is 0 Å². The van der Waals surface area contributed by atoms with Crippen molar-refractivity contribution in [2.45, 2.75) is 13.3 Å². The molecule has 0 aliphatic rings. The highest BCUT2D eigenvalue weighted by Crippen LogP contribution is 2.27. The highest BCUT2D eigenvalue weighted by Gasteiger charge is 2.15. The average Bonchev–Trinajstić information content (AvgIpc) is 2.45. The Bertz CT molecular complexity index is 624. The van der Waals surface area contributed by atoms with E-state index in [4.69, 9.17) is 5.73 Å². The molecule has 2 rings (SSSR count). The van der Waals surface area contributed by atoms with E-state index in [1.807, 2.05) is 36.1 Å². The SMILES string of the molecule is Cc1ccc(N(CCCN)c2nc[nH]c(=O)c2Br)cc1. The molecule has 0 radical (unpaired) electrons. The predicted molar refractivity (Wildman–Crippen MR) is 84.4 cm³/mol. The molecule has 106 valence electrons. The number of rotatable bonds is 5. The van der Waals surface area contributed by atoms with Gasteiger partial charge in [0.2, 0.25) is 0 Å². The summed E-state index contributed by atoms with van der Waals surface area (Å²) in [6.45, 7) is 3.33. The number of nitrogens with one attached hydrogen (secondary N) is 1. The third kappa shape index (κ3) is 3.26. The van der Waals surface area contributed by atoms with Crippen molar-refractivity contribution in [1.29, 1.82) is 0 Å². The monoisotopic (exact) mass is 336 g/mol. The average molecular weight is 337 g/mol. The van der Waals surface area contributed by atoms with Crippen LogP contribution in [-0.2, 0) is 0 Å². The zero-order chi connectivity index (χ0) is 14.5. The van der Waals surface area contributed by atoms with E-state index in [1.54, 1.807) is 0 Å². The molecule has 5 nitrogen and oxygen atoms in total. The molecule has 2 aromatic rings. The lowest BCUT2D eigenvalue weighted by Crippen LogP contribution is -2.24. The summed E-state index contributed by atoms with van der Waals surface area (Å²) >= 11 is 3.31. The number of aromatic amines is 1. The van der Waals surface area contributed by atoms with Crippen molar-refractivity contribution < 1.29 is 0 Å². The van der Waals surface area contributed by atoms with E-state index in [0.717, 1.165) is 12.1 Å². The summed E-state index contributed by atoms with van der Waals surface area (Å²) < 4.78 is 0.428. The molecule has 0 saturated carbocycles. The van der Waals surface area contributed by atoms with Gasteiger partial charge < -0.3 is 15.6 Å². The Labute approximate surface area is 126 Å². The van der Waals surface area contributed by atoms with Gasteiger partial charge >= 0.3 is 0 Å². The molecule has 1 aromatic heterocycles. The van der Waals surface area contributed by atoms with Crippen molar-refractivity contribution in [3.05, 3.63) is 51.0 Å². The van der Waals surface area contributed by atoms with E-state index >= 15 is 0 Å². The fourth-order valence-electron chi connectivity index (χ4n) is 1.89. The fourth-order valence-corrected chi connectivity index (χ4v) is 2.32. The first kappa shape index (κ1) is 14.7. The van der Waals surface area contributed by atoms with Crippen molar-refractivity contribution in [1.82, 2.24) is 9.97 Å². The quantitative estimate of drug-likeness (QED) is 0.878. The molecule has 3 N–H and O–H groups in total. The normalized spacial score (nSPS) is 10.6. The van der Waals surface area contributed by atoms with Gasteiger partial charge in [0.05, 0.1) is 6.33 Å². The molecule has 1 aromatic carbocycles. The number of nitrogens with zero attached hydrogens (tertiary/aromatic N) is 2. The number of aromatic nitrogens is 2. The summed E-state index contributed by atoms with van der Waals surface area (Å²) in [5, 5.41) is 0. The van der Waals surface area contributed by atoms with E-state index in [0.29, 0.717) is 23.4 Å². The Balaban J connectivity index is 2.44. The summed E-state index contributed by atoms with van der Waals surface area (Å²) in [6.07, 6.45) is 2.22. The fraction of sp³-hybridized carbons (Fsp3) is 0.286. The second-order valence-electron chi connectivity index (χ2n) is 4.50. The molecule has 0 unspecified atom stereocenters. The number of H-pyrrole nitrogens is 1. The molecule has 6 heteroatoms. The van der Waals surface area contributed by atoms with Gasteiger partial charge in [-0.1, -0.05) is 17.7 Å². The summed E-state index contributed by atoms with van der Waals surface area (Å²) in [7, 11) is 0. The molecular weight excluding hydrogens is 320 g/mol. The summed E-state index contributed by atoms with van der Waals surface area (Å²) in [4.78, 5) is 20.5. The Morgan fingerprint density at radius 1 is 1.35 bits per heavy atom. The van der Waals surface area contributed by atoms with E-state index in [2.05, 4.69) is 25.9 Å². The first-order chi connectivity index (χ1) is 9.63. The molecule has 0 spiro atoms. The van der Waals surface area contributed by atoms with Crippen LogP contribution in [0.5, 0.6) is 0 Å². The summed E-state index contributed by atoms with van der Waals surface area (Å²) in [6, 6.07) is 8.10. The molecule has 1 heterocycles. The molecule has 20 heavy (non-hydrogen) atoms. The molecule has 0 bridgehead atoms. The highest BCUT2D eigenvalue weighted by atomic mass is 79.9. The van der Waals surface area contributed by atoms with Gasteiger partial charge in [-0.25, -0.2) is 4.98 Å². The molecule has 0 aliphatic carbocycles. The van der Waals surface area contributed by atoms with Crippen LogP contribution in [0.2, 0.25) is 0 Å². The largest absolute Gasteiger partial charge is 0.330 e. The Hall–Kier alpha value is -1.66. The van der Waals surface area contributed by atoms with Crippen LogP contribution in [-0.4, -0.2) is 23.1 Å². The lowest BCUT2D eigenvalue weighted by molar-refractivity contribution is 0.805. The van der Waals surface area contributed by atoms with Crippen LogP contribution in [0.4, 0.5) is 11.5 Å². The maximum absolute atomic E-state index is 11.7. The smallest absolute Gasteiger partial charge is 0.267 e. The molecule has 0 aliphatic heterocycles. The van der Waals surface area contributed by atoms with E-state index in [-0.39, 0.29) is 5.56 Å². The minimum Gasteiger partial charge on any atom is -0.330 e. The number of aryl methyl sites for hydroxylation is 1.